The van der Waals surface area contributed by atoms with E-state index in [1.165, 1.54) is 35.0 Å². The summed E-state index contributed by atoms with van der Waals surface area (Å²) in [7, 11) is 0. The number of aryl methyl sites for hydroxylation is 1. The summed E-state index contributed by atoms with van der Waals surface area (Å²) in [5.74, 6) is -1.02. The van der Waals surface area contributed by atoms with Gasteiger partial charge in [0.15, 0.2) is 0 Å². The van der Waals surface area contributed by atoms with E-state index in [4.69, 9.17) is 18.9 Å². The molecule has 0 aliphatic heterocycles. The van der Waals surface area contributed by atoms with Crippen LogP contribution in [0.25, 0.3) is 11.1 Å². The van der Waals surface area contributed by atoms with E-state index in [1.54, 1.807) is 13.8 Å². The number of carbonyl (C=O) groups is 4. The first-order valence-corrected chi connectivity index (χ1v) is 19.1. The fourth-order valence-electron chi connectivity index (χ4n) is 5.89. The van der Waals surface area contributed by atoms with Crippen LogP contribution in [0.3, 0.4) is 0 Å². The Balaban J connectivity index is 1.45. The molecule has 11 heteroatoms. The minimum atomic E-state index is -0.582. The third-order valence-electron chi connectivity index (χ3n) is 8.33. The Hall–Kier alpha value is -4.65. The SMILES string of the molecule is C=C(C)C(=O)OCCNC(=O)OCCCC1(CCCOC(=O)NCCOC(=O)C(=C)C)c2ccccc2-c2ccc([I-]c3ccc(C)cc3)cc21. The normalized spacial score (nSPS) is 12.2. The van der Waals surface area contributed by atoms with Crippen LogP contribution in [0.1, 0.15) is 56.2 Å². The number of nitrogens with one attached hydrogen (secondary N) is 2. The fourth-order valence-corrected chi connectivity index (χ4v) is 8.16. The zero-order valence-corrected chi connectivity index (χ0v) is 31.6. The Kier molecular flexibility index (Phi) is 14.7. The van der Waals surface area contributed by atoms with Crippen molar-refractivity contribution in [1.29, 1.82) is 0 Å². The average molecular weight is 810 g/mol. The van der Waals surface area contributed by atoms with Crippen LogP contribution >= 0.6 is 0 Å². The number of alkyl carbamates (subject to hydrolysis) is 2. The van der Waals surface area contributed by atoms with Gasteiger partial charge in [0.1, 0.15) is 0 Å². The van der Waals surface area contributed by atoms with Crippen LogP contribution in [0.2, 0.25) is 0 Å². The number of fused-ring (bicyclic) bond motifs is 3. The van der Waals surface area contributed by atoms with Gasteiger partial charge in [0.05, 0.1) is 0 Å². The minimum absolute atomic E-state index is 0.0214. The summed E-state index contributed by atoms with van der Waals surface area (Å²) >= 11 is -0.422. The van der Waals surface area contributed by atoms with Crippen molar-refractivity contribution >= 4 is 24.1 Å². The van der Waals surface area contributed by atoms with Gasteiger partial charge in [0, 0.05) is 11.1 Å². The molecule has 0 fully saturated rings. The van der Waals surface area contributed by atoms with Crippen LogP contribution in [0.15, 0.2) is 91.0 Å². The van der Waals surface area contributed by atoms with Crippen LogP contribution in [0.5, 0.6) is 0 Å². The van der Waals surface area contributed by atoms with Gasteiger partial charge in [-0.15, -0.1) is 0 Å². The van der Waals surface area contributed by atoms with E-state index in [-0.39, 0.29) is 39.5 Å². The first kappa shape index (κ1) is 39.1. The van der Waals surface area contributed by atoms with Crippen LogP contribution in [0.4, 0.5) is 9.59 Å². The zero-order chi connectivity index (χ0) is 36.8. The van der Waals surface area contributed by atoms with E-state index in [2.05, 4.69) is 91.4 Å². The summed E-state index contributed by atoms with van der Waals surface area (Å²) in [6.07, 6.45) is 1.42. The summed E-state index contributed by atoms with van der Waals surface area (Å²) in [5.41, 5.74) is 6.23. The Morgan fingerprint density at radius 3 is 1.71 bits per heavy atom. The third kappa shape index (κ3) is 11.2. The number of ether oxygens (including phenoxy) is 4. The maximum absolute atomic E-state index is 12.4. The van der Waals surface area contributed by atoms with Crippen molar-refractivity contribution in [2.75, 3.05) is 39.5 Å². The second-order valence-electron chi connectivity index (χ2n) is 12.4. The van der Waals surface area contributed by atoms with Gasteiger partial charge >= 0.3 is 254 Å². The molecular weight excluding hydrogens is 763 g/mol. The van der Waals surface area contributed by atoms with E-state index in [0.29, 0.717) is 36.8 Å². The summed E-state index contributed by atoms with van der Waals surface area (Å²) in [6, 6.07) is 24.0. The molecule has 0 aromatic heterocycles. The summed E-state index contributed by atoms with van der Waals surface area (Å²) < 4.78 is 23.7. The molecular formula is C40H46IN2O8-. The second kappa shape index (κ2) is 19.1. The van der Waals surface area contributed by atoms with Crippen LogP contribution in [-0.2, 0) is 34.0 Å². The van der Waals surface area contributed by atoms with Crippen molar-refractivity contribution in [2.45, 2.75) is 51.9 Å². The van der Waals surface area contributed by atoms with Crippen LogP contribution in [0, 0.1) is 14.1 Å². The van der Waals surface area contributed by atoms with Crippen molar-refractivity contribution in [3.63, 3.8) is 0 Å². The van der Waals surface area contributed by atoms with Gasteiger partial charge in [-0.1, -0.05) is 13.2 Å². The Bertz CT molecular complexity index is 1680. The second-order valence-corrected chi connectivity index (χ2v) is 15.4. The summed E-state index contributed by atoms with van der Waals surface area (Å²) in [5, 5.41) is 5.23. The number of benzene rings is 3. The van der Waals surface area contributed by atoms with Gasteiger partial charge in [-0.2, -0.15) is 0 Å². The molecule has 0 unspecified atom stereocenters. The van der Waals surface area contributed by atoms with Crippen molar-refractivity contribution in [2.24, 2.45) is 0 Å². The molecule has 0 bridgehead atoms. The van der Waals surface area contributed by atoms with Crippen LogP contribution in [-0.4, -0.2) is 63.6 Å². The zero-order valence-electron chi connectivity index (χ0n) is 29.5. The molecule has 10 nitrogen and oxygen atoms in total. The molecule has 0 radical (unpaired) electrons. The van der Waals surface area contributed by atoms with Gasteiger partial charge in [0.25, 0.3) is 0 Å². The van der Waals surface area contributed by atoms with Gasteiger partial charge in [-0.05, 0) is 13.8 Å². The Morgan fingerprint density at radius 2 is 1.16 bits per heavy atom. The molecule has 2 N–H and O–H groups in total. The molecule has 4 rings (SSSR count). The number of hydrogen-bond donors (Lipinski definition) is 2. The predicted octanol–water partition coefficient (Wildman–Crippen LogP) is 3.64. The molecule has 3 aromatic rings. The van der Waals surface area contributed by atoms with E-state index >= 15 is 0 Å². The number of amides is 2. The third-order valence-corrected chi connectivity index (χ3v) is 11.0. The summed E-state index contributed by atoms with van der Waals surface area (Å²) in [4.78, 5) is 47.9. The van der Waals surface area contributed by atoms with Gasteiger partial charge in [0.2, 0.25) is 0 Å². The van der Waals surface area contributed by atoms with Crippen molar-refractivity contribution in [3.8, 4) is 11.1 Å². The molecule has 0 spiro atoms. The van der Waals surface area contributed by atoms with E-state index in [0.717, 1.165) is 0 Å². The number of carbonyl (C=O) groups excluding carboxylic acids is 4. The molecule has 272 valence electrons. The monoisotopic (exact) mass is 809 g/mol. The standard InChI is InChI=1S/C40H46IN2O8/c1-27(2)36(44)48-24-20-42-38(46)50-22-8-18-40(19-9-23-51-39(47)43-21-25-49-37(45)28(3)4)34-11-7-6-10-32(34)33-17-16-31(26-35(33)40)41-30-14-12-29(5)13-15-30/h6-7,10-17,26H,1,3,8-9,18-25H2,2,4-5H3,(H,42,46)(H,43,47)/q-1. The predicted molar refractivity (Wildman–Crippen MR) is 190 cm³/mol. The Morgan fingerprint density at radius 1 is 0.647 bits per heavy atom. The fraction of sp³-hybridized carbons (Fsp3) is 0.350. The molecule has 0 heterocycles. The van der Waals surface area contributed by atoms with E-state index in [1.807, 2.05) is 6.07 Å². The quantitative estimate of drug-likeness (QED) is 0.0656. The first-order valence-electron chi connectivity index (χ1n) is 16.9. The van der Waals surface area contributed by atoms with E-state index < -0.39 is 50.7 Å². The van der Waals surface area contributed by atoms with Crippen molar-refractivity contribution in [3.05, 3.63) is 115 Å². The molecule has 0 saturated heterocycles. The number of rotatable bonds is 18. The molecule has 3 aromatic carbocycles. The van der Waals surface area contributed by atoms with Crippen molar-refractivity contribution in [1.82, 2.24) is 10.6 Å². The molecule has 1 aliphatic rings. The number of hydrogen-bond acceptors (Lipinski definition) is 8. The van der Waals surface area contributed by atoms with Gasteiger partial charge < -0.3 is 9.47 Å². The Labute approximate surface area is 310 Å². The topological polar surface area (TPSA) is 129 Å². The number of esters is 2. The molecule has 0 atom stereocenters. The van der Waals surface area contributed by atoms with Gasteiger partial charge in [-0.3, -0.25) is 0 Å². The van der Waals surface area contributed by atoms with Gasteiger partial charge in [-0.25, -0.2) is 9.59 Å². The molecule has 51 heavy (non-hydrogen) atoms. The molecule has 1 aliphatic carbocycles. The maximum atomic E-state index is 12.4. The van der Waals surface area contributed by atoms with Crippen LogP contribution < -0.4 is 31.8 Å². The molecule has 0 saturated carbocycles. The summed E-state index contributed by atoms with van der Waals surface area (Å²) in [6.45, 7) is 13.0. The van der Waals surface area contributed by atoms with E-state index in [9.17, 15) is 19.2 Å². The average Bonchev–Trinajstić information content (AvgIpc) is 3.38. The number of halogens is 1. The first-order chi connectivity index (χ1) is 24.5. The molecule has 2 amide bonds. The van der Waals surface area contributed by atoms with Crippen molar-refractivity contribution < 1.29 is 59.3 Å².